The van der Waals surface area contributed by atoms with Gasteiger partial charge in [-0.25, -0.2) is 0 Å². The predicted molar refractivity (Wildman–Crippen MR) is 62.8 cm³/mol. The lowest BCUT2D eigenvalue weighted by atomic mass is 9.34. The molecule has 1 atom stereocenters. The van der Waals surface area contributed by atoms with E-state index in [2.05, 4.69) is 13.8 Å². The minimum Gasteiger partial charge on any atom is -0.0739 e. The van der Waals surface area contributed by atoms with Gasteiger partial charge in [0.25, 0.3) is 0 Å². The van der Waals surface area contributed by atoms with Crippen molar-refractivity contribution in [2.45, 2.75) is 77.3 Å². The Kier molecular flexibility index (Phi) is 5.58. The minimum atomic E-state index is 1.02. The summed E-state index contributed by atoms with van der Waals surface area (Å²) in [7, 11) is 0. The van der Waals surface area contributed by atoms with Crippen molar-refractivity contribution in [3.05, 3.63) is 0 Å². The van der Waals surface area contributed by atoms with Crippen LogP contribution in [0.3, 0.4) is 0 Å². The summed E-state index contributed by atoms with van der Waals surface area (Å²) < 4.78 is 0. The standard InChI is InChI=1S/C12H25B/c1-3-4-5-7-10-13-11-8-6-9-12(13)2/h12H,3-11H2,1-2H3. The van der Waals surface area contributed by atoms with Gasteiger partial charge in [0, 0.05) is 0 Å². The minimum absolute atomic E-state index is 1.02. The van der Waals surface area contributed by atoms with Crippen LogP contribution in [0.25, 0.3) is 0 Å². The summed E-state index contributed by atoms with van der Waals surface area (Å²) in [6.07, 6.45) is 13.3. The molecule has 0 spiro atoms. The molecule has 0 bridgehead atoms. The summed E-state index contributed by atoms with van der Waals surface area (Å²) in [4.78, 5) is 0. The maximum Gasteiger partial charge on any atom is 0.142 e. The maximum atomic E-state index is 2.46. The van der Waals surface area contributed by atoms with E-state index in [0.29, 0.717) is 0 Å². The fraction of sp³-hybridized carbons (Fsp3) is 1.00. The van der Waals surface area contributed by atoms with Gasteiger partial charge in [-0.3, -0.25) is 0 Å². The van der Waals surface area contributed by atoms with Crippen molar-refractivity contribution in [2.75, 3.05) is 0 Å². The van der Waals surface area contributed by atoms with Crippen molar-refractivity contribution >= 4 is 6.71 Å². The fourth-order valence-electron chi connectivity index (χ4n) is 2.66. The first-order valence-electron chi connectivity index (χ1n) is 6.34. The Morgan fingerprint density at radius 2 is 2.00 bits per heavy atom. The van der Waals surface area contributed by atoms with Gasteiger partial charge in [0.05, 0.1) is 0 Å². The van der Waals surface area contributed by atoms with E-state index in [1.54, 1.807) is 0 Å². The molecule has 0 N–H and O–H groups in total. The van der Waals surface area contributed by atoms with E-state index in [9.17, 15) is 0 Å². The van der Waals surface area contributed by atoms with E-state index in [0.717, 1.165) is 12.5 Å². The van der Waals surface area contributed by atoms with Crippen LogP contribution in [-0.4, -0.2) is 6.71 Å². The highest BCUT2D eigenvalue weighted by atomic mass is 14.1. The molecular weight excluding hydrogens is 155 g/mol. The average Bonchev–Trinajstić information content (AvgIpc) is 2.15. The van der Waals surface area contributed by atoms with Gasteiger partial charge in [0.2, 0.25) is 0 Å². The van der Waals surface area contributed by atoms with Crippen molar-refractivity contribution in [1.82, 2.24) is 0 Å². The second-order valence-corrected chi connectivity index (χ2v) is 4.87. The highest BCUT2D eigenvalue weighted by molar-refractivity contribution is 6.60. The average molecular weight is 180 g/mol. The Morgan fingerprint density at radius 3 is 2.69 bits per heavy atom. The van der Waals surface area contributed by atoms with Crippen molar-refractivity contribution in [3.8, 4) is 0 Å². The normalized spacial score (nSPS) is 23.5. The molecule has 0 aromatic rings. The van der Waals surface area contributed by atoms with Crippen LogP contribution in [0.15, 0.2) is 0 Å². The molecule has 1 unspecified atom stereocenters. The predicted octanol–water partition coefficient (Wildman–Crippen LogP) is 4.64. The van der Waals surface area contributed by atoms with E-state index in [4.69, 9.17) is 0 Å². The molecule has 1 aliphatic heterocycles. The lowest BCUT2D eigenvalue weighted by Crippen LogP contribution is -2.22. The van der Waals surface area contributed by atoms with Crippen LogP contribution in [0.5, 0.6) is 0 Å². The van der Waals surface area contributed by atoms with Crippen LogP contribution in [0, 0.1) is 0 Å². The first kappa shape index (κ1) is 11.1. The molecule has 76 valence electrons. The third kappa shape index (κ3) is 4.20. The largest absolute Gasteiger partial charge is 0.142 e. The van der Waals surface area contributed by atoms with Crippen molar-refractivity contribution in [1.29, 1.82) is 0 Å². The first-order chi connectivity index (χ1) is 6.34. The van der Waals surface area contributed by atoms with E-state index >= 15 is 0 Å². The van der Waals surface area contributed by atoms with E-state index in [1.165, 1.54) is 57.6 Å². The highest BCUT2D eigenvalue weighted by Gasteiger charge is 2.23. The summed E-state index contributed by atoms with van der Waals surface area (Å²) in [5, 5.41) is 0. The molecule has 0 saturated carbocycles. The van der Waals surface area contributed by atoms with E-state index < -0.39 is 0 Å². The number of unbranched alkanes of at least 4 members (excludes halogenated alkanes) is 3. The molecule has 0 amide bonds. The fourth-order valence-corrected chi connectivity index (χ4v) is 2.66. The molecule has 0 aromatic carbocycles. The van der Waals surface area contributed by atoms with Crippen molar-refractivity contribution in [2.24, 2.45) is 0 Å². The lowest BCUT2D eigenvalue weighted by Gasteiger charge is -2.25. The van der Waals surface area contributed by atoms with Crippen LogP contribution >= 0.6 is 0 Å². The molecule has 0 radical (unpaired) electrons. The molecule has 0 aliphatic carbocycles. The van der Waals surface area contributed by atoms with Gasteiger partial charge in [0.15, 0.2) is 0 Å². The Hall–Kier alpha value is 0.0649. The third-order valence-corrected chi connectivity index (χ3v) is 3.72. The van der Waals surface area contributed by atoms with Crippen LogP contribution in [0.4, 0.5) is 0 Å². The van der Waals surface area contributed by atoms with E-state index in [-0.39, 0.29) is 0 Å². The number of rotatable bonds is 5. The zero-order chi connectivity index (χ0) is 9.52. The van der Waals surface area contributed by atoms with Crippen LogP contribution in [0.1, 0.15) is 58.8 Å². The molecular formula is C12H25B. The Labute approximate surface area is 84.6 Å². The number of hydrogen-bond acceptors (Lipinski definition) is 0. The Balaban J connectivity index is 2.05. The topological polar surface area (TPSA) is 0 Å². The molecule has 1 heterocycles. The second-order valence-electron chi connectivity index (χ2n) is 4.87. The number of hydrogen-bond donors (Lipinski definition) is 0. The first-order valence-corrected chi connectivity index (χ1v) is 6.34. The Bertz CT molecular complexity index is 122. The molecule has 0 aromatic heterocycles. The molecule has 0 nitrogen and oxygen atoms in total. The van der Waals surface area contributed by atoms with Gasteiger partial charge in [0.1, 0.15) is 6.71 Å². The van der Waals surface area contributed by atoms with Crippen molar-refractivity contribution < 1.29 is 0 Å². The van der Waals surface area contributed by atoms with Gasteiger partial charge in [-0.15, -0.1) is 0 Å². The molecule has 1 heteroatoms. The third-order valence-electron chi connectivity index (χ3n) is 3.72. The maximum absolute atomic E-state index is 2.46. The summed E-state index contributed by atoms with van der Waals surface area (Å²) in [6, 6.07) is 0. The quantitative estimate of drug-likeness (QED) is 0.427. The summed E-state index contributed by atoms with van der Waals surface area (Å²) in [5.74, 6) is 1.02. The van der Waals surface area contributed by atoms with Crippen LogP contribution < -0.4 is 0 Å². The van der Waals surface area contributed by atoms with Crippen molar-refractivity contribution in [3.63, 3.8) is 0 Å². The Morgan fingerprint density at radius 1 is 1.15 bits per heavy atom. The van der Waals surface area contributed by atoms with Gasteiger partial charge in [-0.1, -0.05) is 77.3 Å². The smallest absolute Gasteiger partial charge is 0.0739 e. The van der Waals surface area contributed by atoms with Gasteiger partial charge < -0.3 is 0 Å². The SMILES string of the molecule is CCCCCCB1CCCCC1C. The molecule has 1 saturated heterocycles. The lowest BCUT2D eigenvalue weighted by molar-refractivity contribution is 0.631. The highest BCUT2D eigenvalue weighted by Crippen LogP contribution is 2.31. The molecule has 1 aliphatic rings. The summed E-state index contributed by atoms with van der Waals surface area (Å²) in [5.41, 5.74) is 0. The molecule has 13 heavy (non-hydrogen) atoms. The summed E-state index contributed by atoms with van der Waals surface area (Å²) in [6.45, 7) is 5.83. The molecule has 1 fully saturated rings. The monoisotopic (exact) mass is 180 g/mol. The molecule has 1 rings (SSSR count). The zero-order valence-corrected chi connectivity index (χ0v) is 9.52. The van der Waals surface area contributed by atoms with E-state index in [1.807, 2.05) is 0 Å². The summed E-state index contributed by atoms with van der Waals surface area (Å²) >= 11 is 0. The van der Waals surface area contributed by atoms with Crippen LogP contribution in [-0.2, 0) is 0 Å². The van der Waals surface area contributed by atoms with Gasteiger partial charge in [-0.2, -0.15) is 0 Å². The zero-order valence-electron chi connectivity index (χ0n) is 9.52. The van der Waals surface area contributed by atoms with Crippen LogP contribution in [0.2, 0.25) is 18.5 Å². The second kappa shape index (κ2) is 6.51. The van der Waals surface area contributed by atoms with Gasteiger partial charge >= 0.3 is 0 Å². The van der Waals surface area contributed by atoms with Gasteiger partial charge in [-0.05, 0) is 0 Å².